The zero-order chi connectivity index (χ0) is 8.97. The smallest absolute Gasteiger partial charge is 0.870 e. The van der Waals surface area contributed by atoms with Gasteiger partial charge in [-0.3, -0.25) is 0 Å². The third kappa shape index (κ3) is 5.04. The van der Waals surface area contributed by atoms with Gasteiger partial charge < -0.3 is 15.3 Å². The Bertz CT molecular complexity index is 275. The minimum atomic E-state index is -0.981. The Morgan fingerprint density at radius 1 is 1.57 bits per heavy atom. The molecule has 0 radical (unpaired) electrons. The van der Waals surface area contributed by atoms with Crippen molar-refractivity contribution in [3.05, 3.63) is 23.9 Å². The van der Waals surface area contributed by atoms with E-state index in [-0.39, 0.29) is 62.4 Å². The molecule has 1 heterocycles. The van der Waals surface area contributed by atoms with Crippen molar-refractivity contribution in [2.24, 2.45) is 0 Å². The van der Waals surface area contributed by atoms with E-state index in [0.29, 0.717) is 12.5 Å². The number of hydrogen-bond acceptors (Lipinski definition) is 4. The van der Waals surface area contributed by atoms with E-state index in [1.54, 1.807) is 0 Å². The van der Waals surface area contributed by atoms with Crippen molar-refractivity contribution >= 4 is 5.97 Å². The average Bonchev–Trinajstić information content (AvgIpc) is 2.06. The number of pyridine rings is 1. The zero-order valence-corrected chi connectivity index (χ0v) is 11.2. The van der Waals surface area contributed by atoms with Crippen LogP contribution in [0.25, 0.3) is 0 Å². The second-order valence-electron chi connectivity index (χ2n) is 2.12. The van der Waals surface area contributed by atoms with Crippen LogP contribution in [0.3, 0.4) is 0 Å². The van der Waals surface area contributed by atoms with Gasteiger partial charge in [0.05, 0.1) is 12.2 Å². The van der Waals surface area contributed by atoms with Crippen molar-refractivity contribution in [1.82, 2.24) is 4.98 Å². The van der Waals surface area contributed by atoms with E-state index in [0.717, 1.165) is 0 Å². The molecule has 0 aliphatic heterocycles. The van der Waals surface area contributed by atoms with Crippen molar-refractivity contribution in [2.45, 2.75) is 6.92 Å². The summed E-state index contributed by atoms with van der Waals surface area (Å²) in [6.45, 7) is 2.37. The number of carboxylic acid groups (broad SMARTS) is 1. The maximum atomic E-state index is 10.4. The first-order valence-electron chi connectivity index (χ1n) is 3.56. The zero-order valence-electron chi connectivity index (χ0n) is 8.10. The predicted octanol–water partition coefficient (Wildman–Crippen LogP) is -1.99. The molecule has 0 aliphatic carbocycles. The van der Waals surface area contributed by atoms with Crippen molar-refractivity contribution in [3.8, 4) is 5.88 Å². The van der Waals surface area contributed by atoms with E-state index in [2.05, 4.69) is 4.98 Å². The van der Waals surface area contributed by atoms with Crippen LogP contribution in [0.4, 0.5) is 0 Å². The van der Waals surface area contributed by atoms with Crippen LogP contribution in [-0.4, -0.2) is 28.1 Å². The molecule has 0 saturated carbocycles. The summed E-state index contributed by atoms with van der Waals surface area (Å²) in [4.78, 5) is 14.2. The number of carboxylic acids is 1. The molecule has 0 bridgehead atoms. The number of rotatable bonds is 3. The van der Waals surface area contributed by atoms with Crippen molar-refractivity contribution < 1.29 is 71.5 Å². The molecule has 5 nitrogen and oxygen atoms in total. The Kier molecular flexibility index (Phi) is 9.79. The summed E-state index contributed by atoms with van der Waals surface area (Å²) < 4.78 is 5.04. The van der Waals surface area contributed by atoms with Gasteiger partial charge >= 0.3 is 57.4 Å². The largest absolute Gasteiger partial charge is 1.00 e. The molecule has 0 aliphatic rings. The quantitative estimate of drug-likeness (QED) is 0.599. The SMILES string of the molecule is CCOc1ccc(C(=O)O)cn1.[K+].[OH-]. The average molecular weight is 223 g/mol. The summed E-state index contributed by atoms with van der Waals surface area (Å²) >= 11 is 0. The first-order chi connectivity index (χ1) is 5.74. The van der Waals surface area contributed by atoms with Crippen LogP contribution >= 0.6 is 0 Å². The molecule has 1 rings (SSSR count). The first-order valence-corrected chi connectivity index (χ1v) is 3.56. The van der Waals surface area contributed by atoms with Crippen LogP contribution in [0.1, 0.15) is 17.3 Å². The molecule has 0 amide bonds. The number of aromatic carboxylic acids is 1. The standard InChI is InChI=1S/C8H9NO3.K.H2O/c1-2-12-7-4-3-6(5-9-7)8(10)11;;/h3-5H,2H2,1H3,(H,10,11);;1H2/q;+1;/p-1. The van der Waals surface area contributed by atoms with Gasteiger partial charge in [-0.1, -0.05) is 0 Å². The number of ether oxygens (including phenoxy) is 1. The summed E-state index contributed by atoms with van der Waals surface area (Å²) in [5.41, 5.74) is 0.165. The molecule has 14 heavy (non-hydrogen) atoms. The summed E-state index contributed by atoms with van der Waals surface area (Å²) in [6, 6.07) is 2.99. The molecule has 6 heteroatoms. The summed E-state index contributed by atoms with van der Waals surface area (Å²) in [5.74, 6) is -0.534. The Labute approximate surface area is 124 Å². The Morgan fingerprint density at radius 3 is 2.57 bits per heavy atom. The third-order valence-corrected chi connectivity index (χ3v) is 1.28. The van der Waals surface area contributed by atoms with Crippen molar-refractivity contribution in [3.63, 3.8) is 0 Å². The molecule has 1 aromatic heterocycles. The van der Waals surface area contributed by atoms with Crippen molar-refractivity contribution in [2.75, 3.05) is 6.61 Å². The van der Waals surface area contributed by atoms with Gasteiger partial charge in [-0.05, 0) is 13.0 Å². The van der Waals surface area contributed by atoms with E-state index in [4.69, 9.17) is 9.84 Å². The van der Waals surface area contributed by atoms with Gasteiger partial charge in [0.15, 0.2) is 0 Å². The van der Waals surface area contributed by atoms with Gasteiger partial charge in [0, 0.05) is 12.3 Å². The summed E-state index contributed by atoms with van der Waals surface area (Å²) in [6.07, 6.45) is 1.27. The summed E-state index contributed by atoms with van der Waals surface area (Å²) in [5, 5.41) is 8.52. The van der Waals surface area contributed by atoms with E-state index in [1.165, 1.54) is 18.3 Å². The molecule has 0 aromatic carbocycles. The second kappa shape index (κ2) is 8.34. The molecule has 0 fully saturated rings. The molecular weight excluding hydrogens is 213 g/mol. The first kappa shape index (κ1) is 16.4. The van der Waals surface area contributed by atoms with E-state index >= 15 is 0 Å². The normalized spacial score (nSPS) is 8.07. The van der Waals surface area contributed by atoms with Gasteiger partial charge in [-0.15, -0.1) is 0 Å². The van der Waals surface area contributed by atoms with Crippen LogP contribution < -0.4 is 56.1 Å². The molecule has 2 N–H and O–H groups in total. The van der Waals surface area contributed by atoms with E-state index in [1.807, 2.05) is 6.92 Å². The number of hydrogen-bond donors (Lipinski definition) is 1. The van der Waals surface area contributed by atoms with Gasteiger partial charge in [0.1, 0.15) is 0 Å². The molecule has 0 unspecified atom stereocenters. The molecular formula is C8H10KNO4. The van der Waals surface area contributed by atoms with Crippen LogP contribution in [0, 0.1) is 0 Å². The van der Waals surface area contributed by atoms with Gasteiger partial charge in [-0.25, -0.2) is 9.78 Å². The van der Waals surface area contributed by atoms with Crippen LogP contribution in [0.15, 0.2) is 18.3 Å². The molecule has 72 valence electrons. The third-order valence-electron chi connectivity index (χ3n) is 1.28. The molecule has 0 spiro atoms. The Balaban J connectivity index is 0. The number of nitrogens with zero attached hydrogens (tertiary/aromatic N) is 1. The molecule has 0 saturated heterocycles. The van der Waals surface area contributed by atoms with Crippen LogP contribution in [0.5, 0.6) is 5.88 Å². The second-order valence-corrected chi connectivity index (χ2v) is 2.12. The maximum absolute atomic E-state index is 10.4. The van der Waals surface area contributed by atoms with E-state index < -0.39 is 5.97 Å². The summed E-state index contributed by atoms with van der Waals surface area (Å²) in [7, 11) is 0. The Morgan fingerprint density at radius 2 is 2.21 bits per heavy atom. The maximum Gasteiger partial charge on any atom is 1.00 e. The fourth-order valence-electron chi connectivity index (χ4n) is 0.740. The van der Waals surface area contributed by atoms with E-state index in [9.17, 15) is 4.79 Å². The number of aromatic nitrogens is 1. The fraction of sp³-hybridized carbons (Fsp3) is 0.250. The van der Waals surface area contributed by atoms with Crippen LogP contribution in [-0.2, 0) is 0 Å². The molecule has 0 atom stereocenters. The van der Waals surface area contributed by atoms with Gasteiger partial charge in [-0.2, -0.15) is 0 Å². The predicted molar refractivity (Wildman–Crippen MR) is 44.3 cm³/mol. The van der Waals surface area contributed by atoms with Gasteiger partial charge in [0.2, 0.25) is 5.88 Å². The Hall–Kier alpha value is 0.0164. The molecule has 1 aromatic rings. The van der Waals surface area contributed by atoms with Crippen molar-refractivity contribution in [1.29, 1.82) is 0 Å². The minimum absolute atomic E-state index is 0. The number of carbonyl (C=O) groups is 1. The monoisotopic (exact) mass is 223 g/mol. The van der Waals surface area contributed by atoms with Crippen LogP contribution in [0.2, 0.25) is 0 Å². The van der Waals surface area contributed by atoms with Gasteiger partial charge in [0.25, 0.3) is 0 Å². The fourth-order valence-corrected chi connectivity index (χ4v) is 0.740. The topological polar surface area (TPSA) is 89.4 Å². The minimum Gasteiger partial charge on any atom is -0.870 e.